The van der Waals surface area contributed by atoms with Crippen LogP contribution in [-0.2, 0) is 22.3 Å². The summed E-state index contributed by atoms with van der Waals surface area (Å²) in [7, 11) is -0.378. The van der Waals surface area contributed by atoms with E-state index < -0.39 is 0 Å². The van der Waals surface area contributed by atoms with Crippen molar-refractivity contribution in [3.63, 3.8) is 0 Å². The summed E-state index contributed by atoms with van der Waals surface area (Å²) in [6.45, 7) is 9.19. The Labute approximate surface area is 108 Å². The minimum absolute atomic E-state index is 0.317. The number of hydrogen-bond acceptors (Lipinski definition) is 4. The highest BCUT2D eigenvalue weighted by Crippen LogP contribution is 2.36. The maximum absolute atomic E-state index is 6.04. The van der Waals surface area contributed by atoms with Crippen molar-refractivity contribution in [2.75, 3.05) is 0 Å². The average molecular weight is 249 g/mol. The minimum atomic E-state index is -0.378. The van der Waals surface area contributed by atoms with Gasteiger partial charge in [0.1, 0.15) is 5.59 Å². The molecule has 98 valence electrons. The molecule has 0 atom stereocenters. The Bertz CT molecular complexity index is 454. The van der Waals surface area contributed by atoms with Gasteiger partial charge < -0.3 is 9.31 Å². The summed E-state index contributed by atoms with van der Waals surface area (Å²) in [5, 5.41) is 8.48. The van der Waals surface area contributed by atoms with E-state index in [-0.39, 0.29) is 18.3 Å². The molecule has 0 radical (unpaired) electrons. The van der Waals surface area contributed by atoms with E-state index in [0.29, 0.717) is 0 Å². The molecule has 1 aromatic heterocycles. The van der Waals surface area contributed by atoms with E-state index in [1.165, 1.54) is 18.5 Å². The van der Waals surface area contributed by atoms with E-state index in [0.717, 1.165) is 18.6 Å². The maximum atomic E-state index is 6.04. The molecule has 1 aromatic rings. The quantitative estimate of drug-likeness (QED) is 0.694. The summed E-state index contributed by atoms with van der Waals surface area (Å²) >= 11 is 0. The third-order valence-electron chi connectivity index (χ3n) is 4.38. The van der Waals surface area contributed by atoms with E-state index in [4.69, 9.17) is 9.31 Å². The van der Waals surface area contributed by atoms with E-state index in [2.05, 4.69) is 38.0 Å². The topological polar surface area (TPSA) is 49.2 Å². The van der Waals surface area contributed by atoms with Gasteiger partial charge in [-0.2, -0.15) is 0 Å². The van der Waals surface area contributed by atoms with Crippen LogP contribution in [0.4, 0.5) is 0 Å². The van der Waals surface area contributed by atoms with Crippen LogP contribution in [0.1, 0.15) is 46.2 Å². The molecule has 2 aliphatic rings. The molecule has 5 nitrogen and oxygen atoms in total. The highest BCUT2D eigenvalue weighted by molar-refractivity contribution is 6.61. The van der Waals surface area contributed by atoms with Crippen LogP contribution in [0.15, 0.2) is 0 Å². The van der Waals surface area contributed by atoms with Gasteiger partial charge >= 0.3 is 7.12 Å². The minimum Gasteiger partial charge on any atom is -0.398 e. The lowest BCUT2D eigenvalue weighted by Crippen LogP contribution is -2.41. The maximum Gasteiger partial charge on any atom is 0.518 e. The summed E-state index contributed by atoms with van der Waals surface area (Å²) in [4.78, 5) is 0. The zero-order valence-corrected chi connectivity index (χ0v) is 11.6. The van der Waals surface area contributed by atoms with Gasteiger partial charge in [-0.3, -0.25) is 0 Å². The fourth-order valence-electron chi connectivity index (χ4n) is 2.47. The Morgan fingerprint density at radius 1 is 1.11 bits per heavy atom. The van der Waals surface area contributed by atoms with Crippen molar-refractivity contribution in [1.82, 2.24) is 15.0 Å². The molecule has 0 saturated carbocycles. The normalized spacial score (nSPS) is 25.2. The fourth-order valence-corrected chi connectivity index (χ4v) is 2.47. The summed E-state index contributed by atoms with van der Waals surface area (Å²) < 4.78 is 14.1. The zero-order valence-electron chi connectivity index (χ0n) is 11.6. The van der Waals surface area contributed by atoms with E-state index in [9.17, 15) is 0 Å². The van der Waals surface area contributed by atoms with Crippen LogP contribution in [0.2, 0.25) is 0 Å². The van der Waals surface area contributed by atoms with Crippen molar-refractivity contribution in [3.8, 4) is 0 Å². The van der Waals surface area contributed by atoms with Crippen LogP contribution in [0.25, 0.3) is 0 Å². The van der Waals surface area contributed by atoms with Crippen LogP contribution in [0.3, 0.4) is 0 Å². The molecule has 18 heavy (non-hydrogen) atoms. The monoisotopic (exact) mass is 249 g/mol. The number of rotatable bonds is 1. The summed E-state index contributed by atoms with van der Waals surface area (Å²) in [6, 6.07) is 0. The molecule has 0 aromatic carbocycles. The summed E-state index contributed by atoms with van der Waals surface area (Å²) in [6.07, 6.45) is 3.39. The van der Waals surface area contributed by atoms with Gasteiger partial charge in [-0.05, 0) is 47.0 Å². The molecular formula is C12H20BN3O2. The SMILES string of the molecule is CC1(C)OB(c2nnn3c2CCCC3)OC1(C)C. The van der Waals surface area contributed by atoms with Crippen molar-refractivity contribution in [2.45, 2.75) is 64.7 Å². The average Bonchev–Trinajstić information content (AvgIpc) is 2.78. The van der Waals surface area contributed by atoms with Gasteiger partial charge in [0.25, 0.3) is 0 Å². The van der Waals surface area contributed by atoms with Crippen LogP contribution >= 0.6 is 0 Å². The first kappa shape index (κ1) is 12.2. The van der Waals surface area contributed by atoms with Crippen molar-refractivity contribution in [2.24, 2.45) is 0 Å². The Morgan fingerprint density at radius 2 is 1.78 bits per heavy atom. The molecule has 3 heterocycles. The smallest absolute Gasteiger partial charge is 0.398 e. The molecule has 1 saturated heterocycles. The van der Waals surface area contributed by atoms with E-state index in [1.807, 2.05) is 4.68 Å². The van der Waals surface area contributed by atoms with E-state index >= 15 is 0 Å². The summed E-state index contributed by atoms with van der Waals surface area (Å²) in [5.41, 5.74) is 1.42. The Balaban J connectivity index is 1.91. The molecule has 0 bridgehead atoms. The molecule has 3 rings (SSSR count). The van der Waals surface area contributed by atoms with Gasteiger partial charge in [0.15, 0.2) is 0 Å². The van der Waals surface area contributed by atoms with Crippen molar-refractivity contribution >= 4 is 12.7 Å². The highest BCUT2D eigenvalue weighted by Gasteiger charge is 2.53. The van der Waals surface area contributed by atoms with Gasteiger partial charge in [0, 0.05) is 6.54 Å². The molecule has 1 fully saturated rings. The predicted octanol–water partition coefficient (Wildman–Crippen LogP) is 0.914. The number of aryl methyl sites for hydroxylation is 1. The first-order valence-electron chi connectivity index (χ1n) is 6.69. The number of nitrogens with zero attached hydrogens (tertiary/aromatic N) is 3. The van der Waals surface area contributed by atoms with Crippen LogP contribution in [-0.4, -0.2) is 33.3 Å². The standard InChI is InChI=1S/C12H20BN3O2/c1-11(2)12(3,4)18-13(17-11)10-9-7-5-6-8-16(9)15-14-10/h5-8H2,1-4H3. The van der Waals surface area contributed by atoms with Crippen LogP contribution in [0, 0.1) is 0 Å². The molecule has 0 unspecified atom stereocenters. The molecule has 6 heteroatoms. The lowest BCUT2D eigenvalue weighted by atomic mass is 9.81. The second-order valence-electron chi connectivity index (χ2n) is 6.19. The van der Waals surface area contributed by atoms with Crippen LogP contribution < -0.4 is 5.59 Å². The van der Waals surface area contributed by atoms with E-state index in [1.54, 1.807) is 0 Å². The number of hydrogen-bond donors (Lipinski definition) is 0. The van der Waals surface area contributed by atoms with Gasteiger partial charge in [-0.25, -0.2) is 4.68 Å². The number of fused-ring (bicyclic) bond motifs is 1. The molecule has 0 amide bonds. The molecule has 0 N–H and O–H groups in total. The molecule has 0 spiro atoms. The Kier molecular flexibility index (Phi) is 2.58. The molecule has 2 aliphatic heterocycles. The highest BCUT2D eigenvalue weighted by atomic mass is 16.7. The Hall–Kier alpha value is -0.875. The lowest BCUT2D eigenvalue weighted by Gasteiger charge is -2.32. The zero-order chi connectivity index (χ0) is 13.0. The first-order chi connectivity index (χ1) is 8.41. The van der Waals surface area contributed by atoms with Gasteiger partial charge in [-0.15, -0.1) is 5.10 Å². The fraction of sp³-hybridized carbons (Fsp3) is 0.833. The second-order valence-corrected chi connectivity index (χ2v) is 6.19. The second kappa shape index (κ2) is 3.81. The van der Waals surface area contributed by atoms with Gasteiger partial charge in [0.2, 0.25) is 0 Å². The molecule has 0 aliphatic carbocycles. The van der Waals surface area contributed by atoms with Crippen LogP contribution in [0.5, 0.6) is 0 Å². The lowest BCUT2D eigenvalue weighted by molar-refractivity contribution is 0.00578. The summed E-state index contributed by atoms with van der Waals surface area (Å²) in [5.74, 6) is 0. The number of aromatic nitrogens is 3. The van der Waals surface area contributed by atoms with Crippen molar-refractivity contribution in [3.05, 3.63) is 5.69 Å². The predicted molar refractivity (Wildman–Crippen MR) is 68.7 cm³/mol. The van der Waals surface area contributed by atoms with Crippen molar-refractivity contribution in [1.29, 1.82) is 0 Å². The Morgan fingerprint density at radius 3 is 2.44 bits per heavy atom. The largest absolute Gasteiger partial charge is 0.518 e. The molecular weight excluding hydrogens is 229 g/mol. The van der Waals surface area contributed by atoms with Crippen molar-refractivity contribution < 1.29 is 9.31 Å². The van der Waals surface area contributed by atoms with Gasteiger partial charge in [0.05, 0.1) is 16.9 Å². The third kappa shape index (κ3) is 1.70. The first-order valence-corrected chi connectivity index (χ1v) is 6.69. The van der Waals surface area contributed by atoms with Gasteiger partial charge in [-0.1, -0.05) is 5.21 Å². The third-order valence-corrected chi connectivity index (χ3v) is 4.38.